The molecular weight excluding hydrogens is 400 g/mol. The van der Waals surface area contributed by atoms with Gasteiger partial charge in [-0.05, 0) is 36.8 Å². The average Bonchev–Trinajstić information content (AvgIpc) is 2.92. The van der Waals surface area contributed by atoms with Crippen LogP contribution in [-0.2, 0) is 23.9 Å². The van der Waals surface area contributed by atoms with E-state index in [4.69, 9.17) is 9.47 Å². The predicted octanol–water partition coefficient (Wildman–Crippen LogP) is 2.49. The lowest BCUT2D eigenvalue weighted by Crippen LogP contribution is -2.60. The molecule has 1 fully saturated rings. The van der Waals surface area contributed by atoms with Gasteiger partial charge in [0.05, 0.1) is 11.5 Å². The molecule has 31 heavy (non-hydrogen) atoms. The molecule has 1 saturated carbocycles. The zero-order valence-corrected chi connectivity index (χ0v) is 19.0. The fraction of sp³-hybridized carbons (Fsp3) is 0.708. The number of rotatable bonds is 5. The van der Waals surface area contributed by atoms with Crippen LogP contribution in [0.4, 0.5) is 0 Å². The molecule has 0 spiro atoms. The van der Waals surface area contributed by atoms with Gasteiger partial charge in [0.15, 0.2) is 5.78 Å². The molecule has 7 nitrogen and oxygen atoms in total. The van der Waals surface area contributed by atoms with Crippen molar-refractivity contribution in [3.8, 4) is 0 Å². The van der Waals surface area contributed by atoms with Crippen molar-refractivity contribution in [2.75, 3.05) is 6.61 Å². The summed E-state index contributed by atoms with van der Waals surface area (Å²) in [5.41, 5.74) is -3.34. The predicted molar refractivity (Wildman–Crippen MR) is 113 cm³/mol. The van der Waals surface area contributed by atoms with E-state index in [9.17, 15) is 24.6 Å². The van der Waals surface area contributed by atoms with Gasteiger partial charge in [0, 0.05) is 25.2 Å². The van der Waals surface area contributed by atoms with Gasteiger partial charge in [0.1, 0.15) is 17.8 Å². The Balaban J connectivity index is 2.02. The molecule has 0 amide bonds. The molecule has 7 heteroatoms. The molecule has 0 aromatic heterocycles. The van der Waals surface area contributed by atoms with Crippen LogP contribution in [-0.4, -0.2) is 51.3 Å². The summed E-state index contributed by atoms with van der Waals surface area (Å²) in [6, 6.07) is 0. The molecule has 0 radical (unpaired) electrons. The summed E-state index contributed by atoms with van der Waals surface area (Å²) in [5, 5.41) is 23.1. The Morgan fingerprint density at radius 2 is 1.87 bits per heavy atom. The zero-order valence-electron chi connectivity index (χ0n) is 19.0. The maximum Gasteiger partial charge on any atom is 0.308 e. The third kappa shape index (κ3) is 4.10. The number of hydrogen-bond acceptors (Lipinski definition) is 7. The summed E-state index contributed by atoms with van der Waals surface area (Å²) in [5.74, 6) is -2.74. The first-order valence-electron chi connectivity index (χ1n) is 11.1. The number of ether oxygens (including phenoxy) is 2. The number of fused-ring (bicyclic) bond motifs is 3. The van der Waals surface area contributed by atoms with Crippen LogP contribution >= 0.6 is 0 Å². The molecule has 0 aromatic rings. The number of carbonyl (C=O) groups excluding carboxylic acids is 3. The van der Waals surface area contributed by atoms with E-state index in [0.717, 1.165) is 0 Å². The smallest absolute Gasteiger partial charge is 0.308 e. The van der Waals surface area contributed by atoms with Gasteiger partial charge in [-0.2, -0.15) is 0 Å². The van der Waals surface area contributed by atoms with Crippen LogP contribution < -0.4 is 0 Å². The van der Waals surface area contributed by atoms with E-state index < -0.39 is 40.4 Å². The topological polar surface area (TPSA) is 110 Å². The fourth-order valence-corrected chi connectivity index (χ4v) is 5.29. The highest BCUT2D eigenvalue weighted by Crippen LogP contribution is 2.55. The number of ketones is 1. The third-order valence-electron chi connectivity index (χ3n) is 7.30. The van der Waals surface area contributed by atoms with E-state index >= 15 is 0 Å². The van der Waals surface area contributed by atoms with Crippen LogP contribution in [0.1, 0.15) is 60.3 Å². The zero-order chi connectivity index (χ0) is 23.2. The minimum absolute atomic E-state index is 0.00737. The van der Waals surface area contributed by atoms with Gasteiger partial charge in [0.2, 0.25) is 0 Å². The highest BCUT2D eigenvalue weighted by Gasteiger charge is 2.62. The fourth-order valence-electron chi connectivity index (χ4n) is 5.29. The maximum atomic E-state index is 12.6. The summed E-state index contributed by atoms with van der Waals surface area (Å²) in [7, 11) is 0. The Hall–Kier alpha value is -1.99. The molecule has 0 bridgehead atoms. The number of aliphatic hydroxyl groups is 2. The van der Waals surface area contributed by atoms with Crippen molar-refractivity contribution < 1.29 is 34.1 Å². The summed E-state index contributed by atoms with van der Waals surface area (Å²) >= 11 is 0. The molecule has 5 atom stereocenters. The molecule has 3 rings (SSSR count). The monoisotopic (exact) mass is 434 g/mol. The highest BCUT2D eigenvalue weighted by atomic mass is 16.6. The Kier molecular flexibility index (Phi) is 6.24. The van der Waals surface area contributed by atoms with E-state index in [1.807, 2.05) is 19.9 Å². The Bertz CT molecular complexity index is 826. The highest BCUT2D eigenvalue weighted by molar-refractivity contribution is 6.00. The SMILES string of the molecule is CC(=O)OCC1=C[C@H]2C[C@](OC(=O)C(C)C)(C(C)C)CC[C@]2(O)[C@@H]2C=CC(=O)[C@@]2(O)C1. The van der Waals surface area contributed by atoms with Gasteiger partial charge in [-0.15, -0.1) is 0 Å². The van der Waals surface area contributed by atoms with Crippen LogP contribution in [0, 0.1) is 23.7 Å². The van der Waals surface area contributed by atoms with Gasteiger partial charge in [-0.25, -0.2) is 0 Å². The number of carbonyl (C=O) groups is 3. The van der Waals surface area contributed by atoms with E-state index in [1.165, 1.54) is 13.0 Å². The molecular formula is C24H34O7. The maximum absolute atomic E-state index is 12.6. The normalized spacial score (nSPS) is 37.2. The Morgan fingerprint density at radius 1 is 1.19 bits per heavy atom. The summed E-state index contributed by atoms with van der Waals surface area (Å²) < 4.78 is 11.2. The van der Waals surface area contributed by atoms with Crippen LogP contribution in [0.5, 0.6) is 0 Å². The van der Waals surface area contributed by atoms with E-state index in [1.54, 1.807) is 19.9 Å². The standard InChI is InChI=1S/C24H34O7/c1-14(2)21(27)31-22(15(3)4)8-9-23(28)18(12-22)10-17(13-30-16(5)25)11-24(29)19(23)6-7-20(24)26/h6-7,10,14-15,18-19,28-29H,8-9,11-13H2,1-5H3/t18-,19-,22-,23+,24+/m0/s1. The second kappa shape index (κ2) is 8.17. The Morgan fingerprint density at radius 3 is 2.45 bits per heavy atom. The molecule has 2 N–H and O–H groups in total. The minimum atomic E-state index is -1.78. The van der Waals surface area contributed by atoms with Crippen molar-refractivity contribution in [2.24, 2.45) is 23.7 Å². The van der Waals surface area contributed by atoms with Gasteiger partial charge in [-0.3, -0.25) is 14.4 Å². The minimum Gasteiger partial charge on any atom is -0.461 e. The lowest BCUT2D eigenvalue weighted by atomic mass is 9.59. The van der Waals surface area contributed by atoms with Crippen LogP contribution in [0.25, 0.3) is 0 Å². The third-order valence-corrected chi connectivity index (χ3v) is 7.30. The van der Waals surface area contributed by atoms with Crippen LogP contribution in [0.3, 0.4) is 0 Å². The summed E-state index contributed by atoms with van der Waals surface area (Å²) in [4.78, 5) is 36.5. The second-order valence-corrected chi connectivity index (χ2v) is 10.0. The van der Waals surface area contributed by atoms with Crippen molar-refractivity contribution >= 4 is 17.7 Å². The van der Waals surface area contributed by atoms with Crippen LogP contribution in [0.15, 0.2) is 23.8 Å². The van der Waals surface area contributed by atoms with Crippen molar-refractivity contribution in [3.05, 3.63) is 23.8 Å². The first-order chi connectivity index (χ1) is 14.3. The molecule has 3 aliphatic rings. The molecule has 0 heterocycles. The summed E-state index contributed by atoms with van der Waals surface area (Å²) in [6.07, 6.45) is 5.78. The molecule has 0 unspecified atom stereocenters. The van der Waals surface area contributed by atoms with E-state index in [-0.39, 0.29) is 37.3 Å². The largest absolute Gasteiger partial charge is 0.461 e. The Labute approximate surface area is 183 Å². The van der Waals surface area contributed by atoms with Gasteiger partial charge < -0.3 is 19.7 Å². The van der Waals surface area contributed by atoms with Crippen molar-refractivity contribution in [3.63, 3.8) is 0 Å². The van der Waals surface area contributed by atoms with E-state index in [2.05, 4.69) is 0 Å². The van der Waals surface area contributed by atoms with Crippen molar-refractivity contribution in [2.45, 2.75) is 77.1 Å². The van der Waals surface area contributed by atoms with E-state index in [0.29, 0.717) is 18.4 Å². The van der Waals surface area contributed by atoms with Gasteiger partial charge >= 0.3 is 11.9 Å². The second-order valence-electron chi connectivity index (χ2n) is 10.0. The quantitative estimate of drug-likeness (QED) is 0.505. The lowest BCUT2D eigenvalue weighted by molar-refractivity contribution is -0.199. The van der Waals surface area contributed by atoms with Crippen molar-refractivity contribution in [1.29, 1.82) is 0 Å². The van der Waals surface area contributed by atoms with Gasteiger partial charge in [-0.1, -0.05) is 39.8 Å². The molecule has 0 aromatic carbocycles. The lowest BCUT2D eigenvalue weighted by Gasteiger charge is -2.52. The molecule has 0 aliphatic heterocycles. The molecule has 172 valence electrons. The molecule has 0 saturated heterocycles. The first-order valence-corrected chi connectivity index (χ1v) is 11.1. The van der Waals surface area contributed by atoms with Crippen LogP contribution in [0.2, 0.25) is 0 Å². The number of hydrogen-bond donors (Lipinski definition) is 2. The first kappa shape index (κ1) is 23.7. The van der Waals surface area contributed by atoms with Gasteiger partial charge in [0.25, 0.3) is 0 Å². The number of esters is 2. The summed E-state index contributed by atoms with van der Waals surface area (Å²) in [6.45, 7) is 8.79. The van der Waals surface area contributed by atoms with Crippen molar-refractivity contribution in [1.82, 2.24) is 0 Å². The molecule has 3 aliphatic carbocycles. The average molecular weight is 435 g/mol.